The second-order valence-corrected chi connectivity index (χ2v) is 5.85. The Morgan fingerprint density at radius 2 is 1.94 bits per heavy atom. The maximum Gasteiger partial charge on any atom is 0.240 e. The Bertz CT molecular complexity index is 521. The molecule has 0 amide bonds. The molecule has 0 saturated carbocycles. The zero-order valence-corrected chi connectivity index (χ0v) is 11.1. The number of benzene rings is 1. The van der Waals surface area contributed by atoms with Gasteiger partial charge in [0.05, 0.1) is 4.90 Å². The van der Waals surface area contributed by atoms with Crippen LogP contribution in [-0.2, 0) is 14.8 Å². The zero-order chi connectivity index (χ0) is 13.1. The van der Waals surface area contributed by atoms with Gasteiger partial charge in [-0.2, -0.15) is 0 Å². The minimum atomic E-state index is -3.51. The van der Waals surface area contributed by atoms with Gasteiger partial charge in [0, 0.05) is 13.0 Å². The van der Waals surface area contributed by atoms with E-state index in [9.17, 15) is 13.2 Å². The average Bonchev–Trinajstić information content (AvgIpc) is 2.20. The third kappa shape index (κ3) is 3.94. The first kappa shape index (κ1) is 13.9. The molecular formula is C12H17NO3S. The summed E-state index contributed by atoms with van der Waals surface area (Å²) in [7, 11) is -3.51. The first-order valence-electron chi connectivity index (χ1n) is 5.39. The predicted octanol–water partition coefficient (Wildman–Crippen LogP) is 1.56. The molecule has 5 heteroatoms. The van der Waals surface area contributed by atoms with E-state index in [1.807, 2.05) is 13.0 Å². The maximum atomic E-state index is 12.0. The number of Topliss-reactive ketones (excluding diaryl/α,β-unsaturated/α-hetero) is 1. The van der Waals surface area contributed by atoms with E-state index in [0.29, 0.717) is 5.56 Å². The molecule has 0 aliphatic carbocycles. The number of aryl methyl sites for hydroxylation is 2. The third-order valence-electron chi connectivity index (χ3n) is 2.40. The van der Waals surface area contributed by atoms with Crippen LogP contribution in [0.5, 0.6) is 0 Å². The van der Waals surface area contributed by atoms with Crippen LogP contribution < -0.4 is 4.72 Å². The quantitative estimate of drug-likeness (QED) is 0.868. The molecule has 1 N–H and O–H groups in total. The van der Waals surface area contributed by atoms with Gasteiger partial charge in [-0.05, 0) is 38.0 Å². The summed E-state index contributed by atoms with van der Waals surface area (Å²) in [6, 6.07) is 5.27. The van der Waals surface area contributed by atoms with Crippen LogP contribution in [0.2, 0.25) is 0 Å². The Morgan fingerprint density at radius 3 is 2.53 bits per heavy atom. The number of carbonyl (C=O) groups excluding carboxylic acids is 1. The number of hydrogen-bond acceptors (Lipinski definition) is 3. The number of carbonyl (C=O) groups is 1. The van der Waals surface area contributed by atoms with Gasteiger partial charge in [-0.25, -0.2) is 13.1 Å². The molecule has 0 saturated heterocycles. The molecule has 0 aliphatic heterocycles. The molecule has 1 aromatic rings. The highest BCUT2D eigenvalue weighted by molar-refractivity contribution is 7.89. The standard InChI is InChI=1S/C12H17NO3S/c1-9-4-5-10(2)12(8-9)17(15,16)13-7-6-11(3)14/h4-5,8,13H,6-7H2,1-3H3. The molecule has 0 atom stereocenters. The van der Waals surface area contributed by atoms with Crippen molar-refractivity contribution < 1.29 is 13.2 Å². The zero-order valence-electron chi connectivity index (χ0n) is 10.3. The van der Waals surface area contributed by atoms with E-state index in [-0.39, 0.29) is 23.6 Å². The summed E-state index contributed by atoms with van der Waals surface area (Å²) in [5.74, 6) is -0.0336. The highest BCUT2D eigenvalue weighted by Crippen LogP contribution is 2.16. The fourth-order valence-corrected chi connectivity index (χ4v) is 2.80. The van der Waals surface area contributed by atoms with Crippen molar-refractivity contribution in [1.29, 1.82) is 0 Å². The van der Waals surface area contributed by atoms with E-state index in [1.165, 1.54) is 6.92 Å². The summed E-state index contributed by atoms with van der Waals surface area (Å²) >= 11 is 0. The molecule has 1 aromatic carbocycles. The summed E-state index contributed by atoms with van der Waals surface area (Å²) in [4.78, 5) is 11.0. The largest absolute Gasteiger partial charge is 0.300 e. The number of hydrogen-bond donors (Lipinski definition) is 1. The monoisotopic (exact) mass is 255 g/mol. The number of rotatable bonds is 5. The van der Waals surface area contributed by atoms with Gasteiger partial charge in [-0.1, -0.05) is 12.1 Å². The van der Waals surface area contributed by atoms with Crippen molar-refractivity contribution in [3.8, 4) is 0 Å². The molecule has 94 valence electrons. The van der Waals surface area contributed by atoms with Gasteiger partial charge in [-0.15, -0.1) is 0 Å². The van der Waals surface area contributed by atoms with Gasteiger partial charge in [0.1, 0.15) is 5.78 Å². The highest BCUT2D eigenvalue weighted by atomic mass is 32.2. The van der Waals surface area contributed by atoms with E-state index in [0.717, 1.165) is 5.56 Å². The maximum absolute atomic E-state index is 12.0. The van der Waals surface area contributed by atoms with E-state index < -0.39 is 10.0 Å². The van der Waals surface area contributed by atoms with Gasteiger partial charge in [0.2, 0.25) is 10.0 Å². The molecular weight excluding hydrogens is 238 g/mol. The molecule has 0 unspecified atom stereocenters. The van der Waals surface area contributed by atoms with Gasteiger partial charge in [-0.3, -0.25) is 4.79 Å². The second kappa shape index (κ2) is 5.42. The molecule has 0 heterocycles. The number of ketones is 1. The third-order valence-corrected chi connectivity index (χ3v) is 4.01. The van der Waals surface area contributed by atoms with Crippen LogP contribution in [0.3, 0.4) is 0 Å². The minimum Gasteiger partial charge on any atom is -0.300 e. The van der Waals surface area contributed by atoms with Gasteiger partial charge < -0.3 is 0 Å². The van der Waals surface area contributed by atoms with Crippen LogP contribution in [0, 0.1) is 13.8 Å². The fourth-order valence-electron chi connectivity index (χ4n) is 1.44. The first-order chi connectivity index (χ1) is 7.83. The summed E-state index contributed by atoms with van der Waals surface area (Å²) in [6.07, 6.45) is 0.212. The van der Waals surface area contributed by atoms with Crippen molar-refractivity contribution >= 4 is 15.8 Å². The average molecular weight is 255 g/mol. The molecule has 0 aliphatic rings. The first-order valence-corrected chi connectivity index (χ1v) is 6.87. The lowest BCUT2D eigenvalue weighted by molar-refractivity contribution is -0.116. The molecule has 0 radical (unpaired) electrons. The van der Waals surface area contributed by atoms with E-state index in [1.54, 1.807) is 19.1 Å². The molecule has 0 aromatic heterocycles. The highest BCUT2D eigenvalue weighted by Gasteiger charge is 2.16. The smallest absolute Gasteiger partial charge is 0.240 e. The molecule has 0 bridgehead atoms. The van der Waals surface area contributed by atoms with Crippen LogP contribution in [0.4, 0.5) is 0 Å². The topological polar surface area (TPSA) is 63.2 Å². The molecule has 1 rings (SSSR count). The SMILES string of the molecule is CC(=O)CCNS(=O)(=O)c1cc(C)ccc1C. The van der Waals surface area contributed by atoms with Crippen molar-refractivity contribution in [3.63, 3.8) is 0 Å². The van der Waals surface area contributed by atoms with Crippen molar-refractivity contribution in [2.75, 3.05) is 6.54 Å². The van der Waals surface area contributed by atoms with Crippen LogP contribution >= 0.6 is 0 Å². The summed E-state index contributed by atoms with van der Waals surface area (Å²) in [5, 5.41) is 0. The van der Waals surface area contributed by atoms with Crippen molar-refractivity contribution in [1.82, 2.24) is 4.72 Å². The van der Waals surface area contributed by atoms with E-state index in [2.05, 4.69) is 4.72 Å². The Labute approximate surface area is 102 Å². The van der Waals surface area contributed by atoms with Crippen LogP contribution in [0.25, 0.3) is 0 Å². The minimum absolute atomic E-state index is 0.0336. The Hall–Kier alpha value is -1.20. The van der Waals surface area contributed by atoms with E-state index >= 15 is 0 Å². The summed E-state index contributed by atoms with van der Waals surface area (Å²) < 4.78 is 26.4. The lowest BCUT2D eigenvalue weighted by Crippen LogP contribution is -2.26. The van der Waals surface area contributed by atoms with Crippen molar-refractivity contribution in [2.24, 2.45) is 0 Å². The Balaban J connectivity index is 2.89. The van der Waals surface area contributed by atoms with Crippen LogP contribution in [0.1, 0.15) is 24.5 Å². The number of sulfonamides is 1. The van der Waals surface area contributed by atoms with Crippen molar-refractivity contribution in [2.45, 2.75) is 32.1 Å². The summed E-state index contributed by atoms with van der Waals surface area (Å²) in [6.45, 7) is 5.17. The van der Waals surface area contributed by atoms with Crippen molar-refractivity contribution in [3.05, 3.63) is 29.3 Å². The lowest BCUT2D eigenvalue weighted by atomic mass is 10.2. The second-order valence-electron chi connectivity index (χ2n) is 4.12. The molecule has 0 spiro atoms. The fraction of sp³-hybridized carbons (Fsp3) is 0.417. The van der Waals surface area contributed by atoms with Gasteiger partial charge >= 0.3 is 0 Å². The lowest BCUT2D eigenvalue weighted by Gasteiger charge is -2.09. The molecule has 0 fully saturated rings. The Morgan fingerprint density at radius 1 is 1.29 bits per heavy atom. The van der Waals surface area contributed by atoms with Gasteiger partial charge in [0.25, 0.3) is 0 Å². The van der Waals surface area contributed by atoms with E-state index in [4.69, 9.17) is 0 Å². The van der Waals surface area contributed by atoms with Crippen LogP contribution in [-0.4, -0.2) is 20.7 Å². The molecule has 17 heavy (non-hydrogen) atoms. The Kier molecular flexibility index (Phi) is 4.42. The normalized spacial score (nSPS) is 11.5. The molecule has 4 nitrogen and oxygen atoms in total. The summed E-state index contributed by atoms with van der Waals surface area (Å²) in [5.41, 5.74) is 1.59. The van der Waals surface area contributed by atoms with Gasteiger partial charge in [0.15, 0.2) is 0 Å². The predicted molar refractivity (Wildman–Crippen MR) is 66.4 cm³/mol. The van der Waals surface area contributed by atoms with Crippen LogP contribution in [0.15, 0.2) is 23.1 Å². The number of nitrogens with one attached hydrogen (secondary N) is 1.